The van der Waals surface area contributed by atoms with E-state index in [9.17, 15) is 10.4 Å². The number of nitrogens with one attached hydrogen (secondary N) is 1. The molecule has 0 bridgehead atoms. The quantitative estimate of drug-likeness (QED) is 0.715. The molecule has 5 heteroatoms. The highest BCUT2D eigenvalue weighted by molar-refractivity contribution is 5.86. The Morgan fingerprint density at radius 2 is 2.16 bits per heavy atom. The predicted octanol–water partition coefficient (Wildman–Crippen LogP) is 3.28. The summed E-state index contributed by atoms with van der Waals surface area (Å²) in [6.45, 7) is 4.69. The largest absolute Gasteiger partial charge is 0.497 e. The number of aliphatic hydroxyl groups is 2. The topological polar surface area (TPSA) is 85.5 Å². The van der Waals surface area contributed by atoms with Gasteiger partial charge in [0.05, 0.1) is 24.9 Å². The molecule has 5 nitrogen and oxygen atoms in total. The van der Waals surface area contributed by atoms with Crippen LogP contribution in [0.5, 0.6) is 5.75 Å². The van der Waals surface area contributed by atoms with Crippen molar-refractivity contribution in [1.82, 2.24) is 0 Å². The van der Waals surface area contributed by atoms with Gasteiger partial charge in [0.2, 0.25) is 0 Å². The number of allylic oxidation sites excluding steroid dienone is 4. The zero-order valence-electron chi connectivity index (χ0n) is 15.0. The Balaban J connectivity index is 0.000000970. The average molecular weight is 342 g/mol. The summed E-state index contributed by atoms with van der Waals surface area (Å²) >= 11 is 0. The summed E-state index contributed by atoms with van der Waals surface area (Å²) in [5.41, 5.74) is 3.21. The summed E-state index contributed by atoms with van der Waals surface area (Å²) in [7, 11) is 1.62. The highest BCUT2D eigenvalue weighted by Crippen LogP contribution is 2.29. The maximum Gasteiger partial charge on any atom is 0.120 e. The molecule has 0 radical (unpaired) electrons. The van der Waals surface area contributed by atoms with Crippen LogP contribution in [-0.2, 0) is 0 Å². The van der Waals surface area contributed by atoms with Crippen molar-refractivity contribution in [3.8, 4) is 11.8 Å². The summed E-state index contributed by atoms with van der Waals surface area (Å²) < 4.78 is 5.24. The number of nitrogens with zero attached hydrogens (tertiary/aromatic N) is 1. The van der Waals surface area contributed by atoms with Crippen molar-refractivity contribution in [1.29, 1.82) is 5.26 Å². The molecule has 0 heterocycles. The van der Waals surface area contributed by atoms with Gasteiger partial charge < -0.3 is 20.3 Å². The number of benzene rings is 1. The molecule has 134 valence electrons. The molecular formula is C20H26N2O3. The first-order chi connectivity index (χ1) is 12.1. The van der Waals surface area contributed by atoms with E-state index in [2.05, 4.69) is 11.4 Å². The standard InChI is InChI=1S/C18H20N2O2.C2H6O/c1-3-20-18-11-16(22-2)8-9-17(18)14(12-19)10-13-4-6-15(21)7-5-13;1-2-3/h4-6,8-11,15,20-21H,3,7H2,1-2H3;3H,2H2,1H3/b14-10+;. The van der Waals surface area contributed by atoms with E-state index >= 15 is 0 Å². The lowest BCUT2D eigenvalue weighted by Gasteiger charge is -2.13. The fourth-order valence-corrected chi connectivity index (χ4v) is 2.29. The van der Waals surface area contributed by atoms with Gasteiger partial charge in [-0.15, -0.1) is 0 Å². The molecule has 3 N–H and O–H groups in total. The molecule has 0 amide bonds. The molecule has 0 aliphatic heterocycles. The third-order valence-corrected chi connectivity index (χ3v) is 3.42. The van der Waals surface area contributed by atoms with Crippen molar-refractivity contribution in [3.05, 3.63) is 53.6 Å². The Hall–Kier alpha value is -2.55. The molecule has 1 aromatic carbocycles. The number of aliphatic hydroxyl groups excluding tert-OH is 2. The van der Waals surface area contributed by atoms with Gasteiger partial charge in [0, 0.05) is 30.5 Å². The van der Waals surface area contributed by atoms with Gasteiger partial charge in [0.1, 0.15) is 5.75 Å². The van der Waals surface area contributed by atoms with Crippen molar-refractivity contribution in [2.45, 2.75) is 26.4 Å². The first-order valence-electron chi connectivity index (χ1n) is 8.30. The zero-order valence-corrected chi connectivity index (χ0v) is 15.0. The summed E-state index contributed by atoms with van der Waals surface area (Å²) in [5, 5.41) is 29.8. The van der Waals surface area contributed by atoms with E-state index in [1.165, 1.54) is 0 Å². The minimum atomic E-state index is -0.430. The molecule has 1 atom stereocenters. The first kappa shape index (κ1) is 20.5. The van der Waals surface area contributed by atoms with E-state index in [4.69, 9.17) is 9.84 Å². The number of methoxy groups -OCH3 is 1. The number of rotatable bonds is 5. The van der Waals surface area contributed by atoms with Crippen LogP contribution in [0.25, 0.3) is 5.57 Å². The Morgan fingerprint density at radius 3 is 2.68 bits per heavy atom. The second-order valence-electron chi connectivity index (χ2n) is 5.29. The van der Waals surface area contributed by atoms with Crippen LogP contribution in [0.4, 0.5) is 5.69 Å². The van der Waals surface area contributed by atoms with Gasteiger partial charge >= 0.3 is 0 Å². The number of ether oxygens (including phenoxy) is 1. The normalized spacial score (nSPS) is 16.2. The van der Waals surface area contributed by atoms with Gasteiger partial charge in [-0.25, -0.2) is 0 Å². The lowest BCUT2D eigenvalue weighted by molar-refractivity contribution is 0.225. The van der Waals surface area contributed by atoms with Crippen LogP contribution in [0.3, 0.4) is 0 Å². The lowest BCUT2D eigenvalue weighted by Crippen LogP contribution is -2.04. The van der Waals surface area contributed by atoms with Crippen molar-refractivity contribution in [2.24, 2.45) is 0 Å². The Kier molecular flexibility index (Phi) is 9.09. The average Bonchev–Trinajstić information content (AvgIpc) is 2.62. The zero-order chi connectivity index (χ0) is 18.7. The Labute approximate surface area is 149 Å². The first-order valence-corrected chi connectivity index (χ1v) is 8.30. The van der Waals surface area contributed by atoms with Crippen LogP contribution < -0.4 is 10.1 Å². The third-order valence-electron chi connectivity index (χ3n) is 3.42. The van der Waals surface area contributed by atoms with Gasteiger partial charge in [-0.1, -0.05) is 18.2 Å². The maximum absolute atomic E-state index is 9.50. The smallest absolute Gasteiger partial charge is 0.120 e. The number of anilines is 1. The van der Waals surface area contributed by atoms with Gasteiger partial charge in [-0.05, 0) is 44.1 Å². The monoisotopic (exact) mass is 342 g/mol. The van der Waals surface area contributed by atoms with Gasteiger partial charge in [0.25, 0.3) is 0 Å². The summed E-state index contributed by atoms with van der Waals surface area (Å²) in [6, 6.07) is 7.87. The molecule has 1 unspecified atom stereocenters. The molecule has 0 spiro atoms. The molecule has 0 saturated carbocycles. The molecule has 0 fully saturated rings. The second kappa shape index (κ2) is 11.1. The highest BCUT2D eigenvalue weighted by atomic mass is 16.5. The summed E-state index contributed by atoms with van der Waals surface area (Å²) in [5.74, 6) is 0.747. The highest BCUT2D eigenvalue weighted by Gasteiger charge is 2.10. The van der Waals surface area contributed by atoms with Crippen molar-refractivity contribution < 1.29 is 14.9 Å². The molecule has 1 aromatic rings. The van der Waals surface area contributed by atoms with E-state index in [1.807, 2.05) is 43.4 Å². The van der Waals surface area contributed by atoms with Gasteiger partial charge in [0.15, 0.2) is 0 Å². The van der Waals surface area contributed by atoms with Crippen molar-refractivity contribution >= 4 is 11.3 Å². The van der Waals surface area contributed by atoms with Crippen LogP contribution in [0.1, 0.15) is 25.8 Å². The van der Waals surface area contributed by atoms with Crippen LogP contribution in [0.15, 0.2) is 48.1 Å². The fraction of sp³-hybridized carbons (Fsp3) is 0.350. The van der Waals surface area contributed by atoms with Crippen LogP contribution in [0.2, 0.25) is 0 Å². The molecule has 1 aliphatic carbocycles. The van der Waals surface area contributed by atoms with Crippen LogP contribution in [0, 0.1) is 11.3 Å². The third kappa shape index (κ3) is 6.46. The second-order valence-corrected chi connectivity index (χ2v) is 5.29. The van der Waals surface area contributed by atoms with E-state index in [-0.39, 0.29) is 6.61 Å². The molecule has 25 heavy (non-hydrogen) atoms. The summed E-state index contributed by atoms with van der Waals surface area (Å²) in [4.78, 5) is 0. The molecule has 0 saturated heterocycles. The number of hydrogen-bond donors (Lipinski definition) is 3. The lowest BCUT2D eigenvalue weighted by atomic mass is 9.98. The molecular weight excluding hydrogens is 316 g/mol. The summed E-state index contributed by atoms with van der Waals surface area (Å²) in [6.07, 6.45) is 7.48. The van der Waals surface area contributed by atoms with Gasteiger partial charge in [-0.2, -0.15) is 5.26 Å². The minimum Gasteiger partial charge on any atom is -0.497 e. The van der Waals surface area contributed by atoms with Crippen LogP contribution >= 0.6 is 0 Å². The Morgan fingerprint density at radius 1 is 1.44 bits per heavy atom. The molecule has 0 aromatic heterocycles. The Bertz CT molecular complexity index is 685. The van der Waals surface area contributed by atoms with E-state index in [1.54, 1.807) is 20.1 Å². The molecule has 1 aliphatic rings. The molecule has 2 rings (SSSR count). The SMILES string of the molecule is CCNc1cc(OC)ccc1/C(C#N)=C/C1=CCC(O)C=C1.CCO. The van der Waals surface area contributed by atoms with Crippen LogP contribution in [-0.4, -0.2) is 36.6 Å². The van der Waals surface area contributed by atoms with E-state index in [0.29, 0.717) is 12.0 Å². The van der Waals surface area contributed by atoms with Crippen molar-refractivity contribution in [3.63, 3.8) is 0 Å². The van der Waals surface area contributed by atoms with Crippen molar-refractivity contribution in [2.75, 3.05) is 25.6 Å². The maximum atomic E-state index is 9.50. The van der Waals surface area contributed by atoms with E-state index < -0.39 is 6.10 Å². The predicted molar refractivity (Wildman–Crippen MR) is 101 cm³/mol. The fourth-order valence-electron chi connectivity index (χ4n) is 2.29. The van der Waals surface area contributed by atoms with Gasteiger partial charge in [-0.3, -0.25) is 0 Å². The van der Waals surface area contributed by atoms with E-state index in [0.717, 1.165) is 29.1 Å². The minimum absolute atomic E-state index is 0.250. The number of nitriles is 1. The number of hydrogen-bond acceptors (Lipinski definition) is 5.